The van der Waals surface area contributed by atoms with Crippen LogP contribution in [0.1, 0.15) is 22.5 Å². The molecule has 0 fully saturated rings. The van der Waals surface area contributed by atoms with Gasteiger partial charge < -0.3 is 14.9 Å². The molecule has 0 saturated carbocycles. The average molecular weight is 219 g/mol. The molecule has 2 rings (SSSR count). The van der Waals surface area contributed by atoms with E-state index in [-0.39, 0.29) is 0 Å². The zero-order valence-electron chi connectivity index (χ0n) is 9.96. The lowest BCUT2D eigenvalue weighted by molar-refractivity contribution is 0.184. The number of aryl methyl sites for hydroxylation is 2. The van der Waals surface area contributed by atoms with Crippen LogP contribution in [-0.2, 0) is 17.9 Å². The van der Waals surface area contributed by atoms with E-state index in [0.717, 1.165) is 27.9 Å². The largest absolute Gasteiger partial charge is 0.459 e. The van der Waals surface area contributed by atoms with Crippen molar-refractivity contribution in [3.05, 3.63) is 34.6 Å². The van der Waals surface area contributed by atoms with Crippen LogP contribution in [0, 0.1) is 13.8 Å². The molecule has 0 aliphatic rings. The van der Waals surface area contributed by atoms with Crippen molar-refractivity contribution in [3.63, 3.8) is 0 Å². The minimum Gasteiger partial charge on any atom is -0.459 e. The van der Waals surface area contributed by atoms with Gasteiger partial charge in [0.25, 0.3) is 0 Å². The van der Waals surface area contributed by atoms with Crippen LogP contribution in [0.3, 0.4) is 0 Å². The molecule has 2 aromatic rings. The number of fused-ring (bicyclic) bond motifs is 1. The monoisotopic (exact) mass is 219 g/mol. The molecule has 0 bridgehead atoms. The van der Waals surface area contributed by atoms with E-state index in [9.17, 15) is 0 Å². The number of hydrogen-bond acceptors (Lipinski definition) is 3. The molecule has 0 aliphatic carbocycles. The molecular formula is C13H17NO2. The summed E-state index contributed by atoms with van der Waals surface area (Å²) in [6, 6.07) is 4.17. The Labute approximate surface area is 95.2 Å². The molecule has 86 valence electrons. The summed E-state index contributed by atoms with van der Waals surface area (Å²) in [4.78, 5) is 0. The summed E-state index contributed by atoms with van der Waals surface area (Å²) in [6.07, 6.45) is 0. The van der Waals surface area contributed by atoms with Gasteiger partial charge in [0.05, 0.1) is 13.2 Å². The molecule has 1 aromatic carbocycles. The molecule has 16 heavy (non-hydrogen) atoms. The number of rotatable bonds is 3. The molecule has 0 aliphatic heterocycles. The minimum absolute atomic E-state index is 0.409. The summed E-state index contributed by atoms with van der Waals surface area (Å²) in [5, 5.41) is 1.15. The van der Waals surface area contributed by atoms with Crippen molar-refractivity contribution in [2.24, 2.45) is 5.73 Å². The lowest BCUT2D eigenvalue weighted by atomic mass is 10.0. The normalized spacial score (nSPS) is 11.2. The highest BCUT2D eigenvalue weighted by atomic mass is 16.5. The molecule has 3 heteroatoms. The number of benzene rings is 1. The van der Waals surface area contributed by atoms with Gasteiger partial charge in [-0.15, -0.1) is 0 Å². The number of methoxy groups -OCH3 is 1. The van der Waals surface area contributed by atoms with Gasteiger partial charge in [-0.3, -0.25) is 0 Å². The summed E-state index contributed by atoms with van der Waals surface area (Å²) >= 11 is 0. The van der Waals surface area contributed by atoms with E-state index >= 15 is 0 Å². The molecule has 0 radical (unpaired) electrons. The number of hydrogen-bond donors (Lipinski definition) is 1. The van der Waals surface area contributed by atoms with Crippen molar-refractivity contribution >= 4 is 11.0 Å². The first kappa shape index (κ1) is 11.2. The van der Waals surface area contributed by atoms with Crippen molar-refractivity contribution in [1.29, 1.82) is 0 Å². The Morgan fingerprint density at radius 1 is 1.25 bits per heavy atom. The maximum Gasteiger partial charge on any atom is 0.137 e. The average Bonchev–Trinajstić information content (AvgIpc) is 2.64. The van der Waals surface area contributed by atoms with Gasteiger partial charge in [-0.2, -0.15) is 0 Å². The van der Waals surface area contributed by atoms with Gasteiger partial charge in [0, 0.05) is 18.1 Å². The highest BCUT2D eigenvalue weighted by Crippen LogP contribution is 2.31. The van der Waals surface area contributed by atoms with E-state index in [1.165, 1.54) is 5.56 Å². The van der Waals surface area contributed by atoms with Crippen molar-refractivity contribution in [2.75, 3.05) is 7.11 Å². The van der Waals surface area contributed by atoms with Gasteiger partial charge in [0.15, 0.2) is 0 Å². The van der Waals surface area contributed by atoms with Crippen LogP contribution in [0.4, 0.5) is 0 Å². The Balaban J connectivity index is 2.78. The van der Waals surface area contributed by atoms with Crippen LogP contribution >= 0.6 is 0 Å². The minimum atomic E-state index is 0.409. The number of ether oxygens (including phenoxy) is 1. The number of nitrogens with two attached hydrogens (primary N) is 1. The molecule has 0 spiro atoms. The first-order valence-electron chi connectivity index (χ1n) is 5.38. The molecule has 0 atom stereocenters. The van der Waals surface area contributed by atoms with Crippen LogP contribution in [0.2, 0.25) is 0 Å². The van der Waals surface area contributed by atoms with Gasteiger partial charge in [0.2, 0.25) is 0 Å². The zero-order chi connectivity index (χ0) is 11.7. The van der Waals surface area contributed by atoms with Crippen LogP contribution < -0.4 is 5.73 Å². The maximum atomic E-state index is 5.81. The van der Waals surface area contributed by atoms with E-state index in [4.69, 9.17) is 14.9 Å². The predicted octanol–water partition coefficient (Wildman–Crippen LogP) is 2.65. The van der Waals surface area contributed by atoms with Crippen LogP contribution in [-0.4, -0.2) is 7.11 Å². The van der Waals surface area contributed by atoms with Gasteiger partial charge in [0.1, 0.15) is 11.3 Å². The third-order valence-electron chi connectivity index (χ3n) is 2.90. The molecule has 0 saturated heterocycles. The van der Waals surface area contributed by atoms with Crippen LogP contribution in [0.5, 0.6) is 0 Å². The summed E-state index contributed by atoms with van der Waals surface area (Å²) in [5.74, 6) is 0.828. The van der Waals surface area contributed by atoms with E-state index in [0.29, 0.717) is 13.2 Å². The van der Waals surface area contributed by atoms with E-state index in [1.54, 1.807) is 7.11 Å². The van der Waals surface area contributed by atoms with Gasteiger partial charge in [-0.05, 0) is 25.0 Å². The second kappa shape index (κ2) is 4.28. The standard InChI is InChI=1S/C13H17NO2/c1-8-4-5-9(2)13-12(8)10(7-15-3)11(6-14)16-13/h4-5H,6-7,14H2,1-3H3. The zero-order valence-corrected chi connectivity index (χ0v) is 9.96. The Morgan fingerprint density at radius 3 is 2.56 bits per heavy atom. The van der Waals surface area contributed by atoms with Gasteiger partial charge in [-0.25, -0.2) is 0 Å². The molecule has 0 amide bonds. The van der Waals surface area contributed by atoms with Crippen molar-refractivity contribution in [1.82, 2.24) is 0 Å². The highest BCUT2D eigenvalue weighted by Gasteiger charge is 2.15. The van der Waals surface area contributed by atoms with Crippen molar-refractivity contribution < 1.29 is 9.15 Å². The second-order valence-electron chi connectivity index (χ2n) is 4.04. The Hall–Kier alpha value is -1.32. The first-order valence-corrected chi connectivity index (χ1v) is 5.38. The highest BCUT2D eigenvalue weighted by molar-refractivity contribution is 5.88. The lowest BCUT2D eigenvalue weighted by Gasteiger charge is -2.02. The third-order valence-corrected chi connectivity index (χ3v) is 2.90. The molecule has 0 unspecified atom stereocenters. The molecular weight excluding hydrogens is 202 g/mol. The fourth-order valence-corrected chi connectivity index (χ4v) is 2.08. The summed E-state index contributed by atoms with van der Waals surface area (Å²) in [6.45, 7) is 5.08. The summed E-state index contributed by atoms with van der Waals surface area (Å²) in [7, 11) is 1.68. The predicted molar refractivity (Wildman–Crippen MR) is 64.3 cm³/mol. The molecule has 2 N–H and O–H groups in total. The van der Waals surface area contributed by atoms with Crippen LogP contribution in [0.25, 0.3) is 11.0 Å². The molecule has 1 aromatic heterocycles. The first-order chi connectivity index (χ1) is 7.69. The van der Waals surface area contributed by atoms with E-state index in [1.807, 2.05) is 6.92 Å². The smallest absolute Gasteiger partial charge is 0.137 e. The molecule has 3 nitrogen and oxygen atoms in total. The van der Waals surface area contributed by atoms with Gasteiger partial charge >= 0.3 is 0 Å². The van der Waals surface area contributed by atoms with Crippen LogP contribution in [0.15, 0.2) is 16.5 Å². The fraction of sp³-hybridized carbons (Fsp3) is 0.385. The third kappa shape index (κ3) is 1.62. The van der Waals surface area contributed by atoms with Gasteiger partial charge in [-0.1, -0.05) is 12.1 Å². The fourth-order valence-electron chi connectivity index (χ4n) is 2.08. The summed E-state index contributed by atoms with van der Waals surface area (Å²) in [5.41, 5.74) is 10.1. The topological polar surface area (TPSA) is 48.4 Å². The maximum absolute atomic E-state index is 5.81. The number of furan rings is 1. The van der Waals surface area contributed by atoms with Crippen molar-refractivity contribution in [2.45, 2.75) is 27.0 Å². The lowest BCUT2D eigenvalue weighted by Crippen LogP contribution is -1.99. The van der Waals surface area contributed by atoms with Crippen molar-refractivity contribution in [3.8, 4) is 0 Å². The quantitative estimate of drug-likeness (QED) is 0.863. The van der Waals surface area contributed by atoms with E-state index < -0.39 is 0 Å². The Morgan fingerprint density at radius 2 is 1.94 bits per heavy atom. The SMILES string of the molecule is COCc1c(CN)oc2c(C)ccc(C)c12. The second-order valence-corrected chi connectivity index (χ2v) is 4.04. The van der Waals surface area contributed by atoms with E-state index in [2.05, 4.69) is 19.1 Å². The molecule has 1 heterocycles. The summed E-state index contributed by atoms with van der Waals surface area (Å²) < 4.78 is 11.0. The Kier molecular flexibility index (Phi) is 2.99. The Bertz CT molecular complexity index is 514.